The summed E-state index contributed by atoms with van der Waals surface area (Å²) in [5, 5.41) is 15.3. The number of carbonyl (C=O) groups is 1. The lowest BCUT2D eigenvalue weighted by Crippen LogP contribution is -3.00. The van der Waals surface area contributed by atoms with E-state index in [1.165, 1.54) is 6.20 Å². The average Bonchev–Trinajstić information content (AvgIpc) is 2.67. The second kappa shape index (κ2) is 11.1. The highest BCUT2D eigenvalue weighted by Crippen LogP contribution is 2.23. The molecular formula is C23H28ClN4O-. The average molecular weight is 412 g/mol. The van der Waals surface area contributed by atoms with Gasteiger partial charge < -0.3 is 27.9 Å². The highest BCUT2D eigenvalue weighted by atomic mass is 35.5. The quantitative estimate of drug-likeness (QED) is 0.539. The Labute approximate surface area is 179 Å². The first-order valence-electron chi connectivity index (χ1n) is 9.50. The molecule has 2 aromatic carbocycles. The number of carbonyl (C=O) groups excluding carboxylic acids is 1. The Kier molecular flexibility index (Phi) is 9.24. The third-order valence-electron chi connectivity index (χ3n) is 4.71. The highest BCUT2D eigenvalue weighted by molar-refractivity contribution is 6.07. The number of amides is 1. The lowest BCUT2D eigenvalue weighted by molar-refractivity contribution is -0.112. The van der Waals surface area contributed by atoms with Crippen molar-refractivity contribution in [1.29, 1.82) is 5.26 Å². The Bertz CT molecular complexity index is 927. The normalized spacial score (nSPS) is 10.6. The predicted octanol–water partition coefficient (Wildman–Crippen LogP) is 1.92. The zero-order chi connectivity index (χ0) is 20.7. The van der Waals surface area contributed by atoms with Gasteiger partial charge >= 0.3 is 0 Å². The van der Waals surface area contributed by atoms with E-state index in [0.29, 0.717) is 5.69 Å². The van der Waals surface area contributed by atoms with Crippen LogP contribution in [0.5, 0.6) is 0 Å². The van der Waals surface area contributed by atoms with Crippen LogP contribution in [0.2, 0.25) is 0 Å². The molecule has 2 aromatic rings. The number of benzene rings is 2. The van der Waals surface area contributed by atoms with Crippen LogP contribution in [0.15, 0.2) is 48.2 Å². The van der Waals surface area contributed by atoms with Crippen LogP contribution >= 0.6 is 0 Å². The van der Waals surface area contributed by atoms with Gasteiger partial charge in [-0.05, 0) is 70.0 Å². The van der Waals surface area contributed by atoms with Crippen molar-refractivity contribution in [1.82, 2.24) is 0 Å². The zero-order valence-corrected chi connectivity index (χ0v) is 18.4. The van der Waals surface area contributed by atoms with Gasteiger partial charge in [0.05, 0.1) is 0 Å². The van der Waals surface area contributed by atoms with E-state index in [2.05, 4.69) is 35.4 Å². The van der Waals surface area contributed by atoms with Gasteiger partial charge in [0, 0.05) is 36.4 Å². The number of hydrogen-bond donors (Lipinski definition) is 2. The van der Waals surface area contributed by atoms with Gasteiger partial charge in [-0.25, -0.2) is 0 Å². The molecule has 2 rings (SSSR count). The van der Waals surface area contributed by atoms with Gasteiger partial charge in [-0.1, -0.05) is 17.7 Å². The van der Waals surface area contributed by atoms with Gasteiger partial charge in [0.1, 0.15) is 11.6 Å². The molecule has 0 saturated carbocycles. The molecule has 0 bridgehead atoms. The topological polar surface area (TPSA) is 68.2 Å². The van der Waals surface area contributed by atoms with Gasteiger partial charge in [0.2, 0.25) is 0 Å². The van der Waals surface area contributed by atoms with Crippen LogP contribution in [0.1, 0.15) is 30.5 Å². The summed E-state index contributed by atoms with van der Waals surface area (Å²) in [7, 11) is 0. The minimum atomic E-state index is -0.431. The van der Waals surface area contributed by atoms with Crippen LogP contribution in [-0.4, -0.2) is 19.0 Å². The Morgan fingerprint density at radius 2 is 1.66 bits per heavy atom. The maximum Gasteiger partial charge on any atom is 0.267 e. The third kappa shape index (κ3) is 6.27. The van der Waals surface area contributed by atoms with E-state index in [0.717, 1.165) is 41.2 Å². The van der Waals surface area contributed by atoms with Gasteiger partial charge in [-0.15, -0.1) is 0 Å². The van der Waals surface area contributed by atoms with Crippen molar-refractivity contribution in [2.75, 3.05) is 28.6 Å². The fourth-order valence-corrected chi connectivity index (χ4v) is 3.04. The molecule has 6 heteroatoms. The summed E-state index contributed by atoms with van der Waals surface area (Å²) in [6.45, 7) is 12.1. The number of hydrogen-bond acceptors (Lipinski definition) is 4. The molecule has 0 aliphatic heterocycles. The second-order valence-corrected chi connectivity index (χ2v) is 6.76. The van der Waals surface area contributed by atoms with E-state index in [9.17, 15) is 10.1 Å². The van der Waals surface area contributed by atoms with E-state index in [-0.39, 0.29) is 18.0 Å². The van der Waals surface area contributed by atoms with Crippen LogP contribution in [0.4, 0.5) is 17.1 Å². The summed E-state index contributed by atoms with van der Waals surface area (Å²) in [5.74, 6) is -0.431. The Hall–Kier alpha value is -2.97. The number of nitriles is 1. The predicted molar refractivity (Wildman–Crippen MR) is 117 cm³/mol. The van der Waals surface area contributed by atoms with Crippen LogP contribution in [0.25, 0.3) is 0 Å². The van der Waals surface area contributed by atoms with Crippen LogP contribution < -0.4 is 27.9 Å². The van der Waals surface area contributed by atoms with Crippen molar-refractivity contribution < 1.29 is 17.2 Å². The van der Waals surface area contributed by atoms with Gasteiger partial charge in [0.25, 0.3) is 5.91 Å². The molecule has 154 valence electrons. The molecule has 0 aliphatic carbocycles. The van der Waals surface area contributed by atoms with E-state index in [1.807, 2.05) is 57.2 Å². The van der Waals surface area contributed by atoms with Crippen LogP contribution in [0, 0.1) is 32.1 Å². The SMILES string of the molecule is CCN(CC)c1ccc(N/C=C(/C#N)C(=O)Nc2ccc(C)cc2C)c(C)c1.[Cl-]. The van der Waals surface area contributed by atoms with Crippen molar-refractivity contribution in [3.05, 3.63) is 64.9 Å². The van der Waals surface area contributed by atoms with Crippen molar-refractivity contribution >= 4 is 23.0 Å². The molecule has 0 heterocycles. The lowest BCUT2D eigenvalue weighted by atomic mass is 10.1. The van der Waals surface area contributed by atoms with Gasteiger partial charge in [0.15, 0.2) is 0 Å². The molecule has 29 heavy (non-hydrogen) atoms. The first-order chi connectivity index (χ1) is 13.4. The highest BCUT2D eigenvalue weighted by Gasteiger charge is 2.11. The molecule has 1 amide bonds. The third-order valence-corrected chi connectivity index (χ3v) is 4.71. The van der Waals surface area contributed by atoms with Crippen LogP contribution in [0.3, 0.4) is 0 Å². The number of halogens is 1. The molecule has 0 unspecified atom stereocenters. The Balaban J connectivity index is 0.00000420. The van der Waals surface area contributed by atoms with Crippen molar-refractivity contribution in [3.8, 4) is 6.07 Å². The van der Waals surface area contributed by atoms with Crippen molar-refractivity contribution in [3.63, 3.8) is 0 Å². The molecule has 0 radical (unpaired) electrons. The largest absolute Gasteiger partial charge is 1.00 e. The number of anilines is 3. The second-order valence-electron chi connectivity index (χ2n) is 6.76. The summed E-state index contributed by atoms with van der Waals surface area (Å²) in [6, 6.07) is 13.8. The lowest BCUT2D eigenvalue weighted by Gasteiger charge is -2.22. The van der Waals surface area contributed by atoms with E-state index in [4.69, 9.17) is 0 Å². The molecule has 0 saturated heterocycles. The molecule has 5 nitrogen and oxygen atoms in total. The fraction of sp³-hybridized carbons (Fsp3) is 0.304. The molecule has 0 aromatic heterocycles. The number of rotatable bonds is 7. The minimum absolute atomic E-state index is 0. The van der Waals surface area contributed by atoms with E-state index < -0.39 is 5.91 Å². The standard InChI is InChI=1S/C23H28N4O.ClH/c1-6-27(7-2)20-9-11-21(18(5)13-20)25-15-19(14-24)23(28)26-22-10-8-16(3)12-17(22)4;/h8-13,15,25H,6-7H2,1-5H3,(H,26,28);1H/p-1/b19-15-;. The smallest absolute Gasteiger partial charge is 0.267 e. The fourth-order valence-electron chi connectivity index (χ4n) is 3.04. The Morgan fingerprint density at radius 1 is 1.03 bits per heavy atom. The number of aryl methyl sites for hydroxylation is 3. The molecule has 0 spiro atoms. The van der Waals surface area contributed by atoms with Gasteiger partial charge in [-0.2, -0.15) is 5.26 Å². The first kappa shape index (κ1) is 24.1. The van der Waals surface area contributed by atoms with Crippen molar-refractivity contribution in [2.24, 2.45) is 0 Å². The maximum atomic E-state index is 12.5. The monoisotopic (exact) mass is 411 g/mol. The summed E-state index contributed by atoms with van der Waals surface area (Å²) < 4.78 is 0. The Morgan fingerprint density at radius 3 is 2.21 bits per heavy atom. The van der Waals surface area contributed by atoms with E-state index >= 15 is 0 Å². The first-order valence-corrected chi connectivity index (χ1v) is 9.50. The summed E-state index contributed by atoms with van der Waals surface area (Å²) in [6.07, 6.45) is 1.46. The molecule has 2 N–H and O–H groups in total. The summed E-state index contributed by atoms with van der Waals surface area (Å²) >= 11 is 0. The summed E-state index contributed by atoms with van der Waals surface area (Å²) in [4.78, 5) is 14.7. The van der Waals surface area contributed by atoms with Crippen molar-refractivity contribution in [2.45, 2.75) is 34.6 Å². The van der Waals surface area contributed by atoms with Gasteiger partial charge in [-0.3, -0.25) is 4.79 Å². The molecule has 0 fully saturated rings. The zero-order valence-electron chi connectivity index (χ0n) is 17.6. The maximum absolute atomic E-state index is 12.5. The number of nitrogens with one attached hydrogen (secondary N) is 2. The summed E-state index contributed by atoms with van der Waals surface area (Å²) in [5.41, 5.74) is 5.88. The van der Waals surface area contributed by atoms with Crippen LogP contribution in [-0.2, 0) is 4.79 Å². The molecule has 0 atom stereocenters. The number of nitrogens with zero attached hydrogens (tertiary/aromatic N) is 2. The minimum Gasteiger partial charge on any atom is -1.00 e. The molecular weight excluding hydrogens is 384 g/mol. The van der Waals surface area contributed by atoms with E-state index in [1.54, 1.807) is 0 Å². The molecule has 0 aliphatic rings.